The van der Waals surface area contributed by atoms with Crippen molar-refractivity contribution in [2.45, 2.75) is 0 Å². The van der Waals surface area contributed by atoms with Crippen molar-refractivity contribution in [3.63, 3.8) is 0 Å². The highest BCUT2D eigenvalue weighted by molar-refractivity contribution is 6.05. The summed E-state index contributed by atoms with van der Waals surface area (Å²) in [6.07, 6.45) is 4.38. The predicted octanol–water partition coefficient (Wildman–Crippen LogP) is 3.51. The number of rotatable bonds is 4. The fourth-order valence-electron chi connectivity index (χ4n) is 4.10. The van der Waals surface area contributed by atoms with Crippen molar-refractivity contribution >= 4 is 39.5 Å². The molecule has 0 aliphatic heterocycles. The molecule has 1 heterocycles. The van der Waals surface area contributed by atoms with E-state index in [0.717, 1.165) is 11.4 Å². The summed E-state index contributed by atoms with van der Waals surface area (Å²) in [7, 11) is 4.12. The standard InChI is InChI=1S/C29H25N2.ClH/c1-30(2)24-16-12-22(13-17-24)14-18-26-19-20-28-27-11-7-6-8-23(27)15-21-29(28)31(26)25-9-4-3-5-10-25;/h3-21H,1-2H3;1H/q+1;/p-1. The van der Waals surface area contributed by atoms with Crippen molar-refractivity contribution in [2.75, 3.05) is 19.0 Å². The van der Waals surface area contributed by atoms with Gasteiger partial charge in [0.1, 0.15) is 0 Å². The molecule has 0 saturated heterocycles. The van der Waals surface area contributed by atoms with Crippen molar-refractivity contribution in [3.05, 3.63) is 114 Å². The molecule has 2 nitrogen and oxygen atoms in total. The van der Waals surface area contributed by atoms with Crippen LogP contribution in [0.4, 0.5) is 5.69 Å². The lowest BCUT2D eigenvalue weighted by Crippen LogP contribution is -3.00. The number of para-hydroxylation sites is 1. The van der Waals surface area contributed by atoms with Crippen LogP contribution in [0, 0.1) is 0 Å². The van der Waals surface area contributed by atoms with Gasteiger partial charge in [0, 0.05) is 50.1 Å². The van der Waals surface area contributed by atoms with Gasteiger partial charge in [0.25, 0.3) is 0 Å². The van der Waals surface area contributed by atoms with E-state index in [9.17, 15) is 0 Å². The molecular weight excluding hydrogens is 412 g/mol. The molecule has 0 atom stereocenters. The van der Waals surface area contributed by atoms with E-state index in [1.54, 1.807) is 0 Å². The van der Waals surface area contributed by atoms with Gasteiger partial charge in [0.05, 0.1) is 5.39 Å². The molecule has 0 saturated carbocycles. The van der Waals surface area contributed by atoms with Crippen molar-refractivity contribution in [2.24, 2.45) is 0 Å². The van der Waals surface area contributed by atoms with Crippen LogP contribution in [0.5, 0.6) is 0 Å². The third-order valence-corrected chi connectivity index (χ3v) is 5.74. The molecule has 0 aliphatic rings. The number of halogens is 1. The van der Waals surface area contributed by atoms with Gasteiger partial charge >= 0.3 is 0 Å². The second kappa shape index (κ2) is 9.25. The first-order valence-electron chi connectivity index (χ1n) is 10.6. The van der Waals surface area contributed by atoms with Crippen molar-refractivity contribution in [1.29, 1.82) is 0 Å². The van der Waals surface area contributed by atoms with E-state index in [1.807, 2.05) is 0 Å². The lowest BCUT2D eigenvalue weighted by molar-refractivity contribution is -0.569. The van der Waals surface area contributed by atoms with E-state index in [4.69, 9.17) is 0 Å². The molecule has 1 aromatic heterocycles. The van der Waals surface area contributed by atoms with E-state index < -0.39 is 0 Å². The molecular formula is C29H25ClN2. The highest BCUT2D eigenvalue weighted by Gasteiger charge is 2.18. The Bertz CT molecular complexity index is 1390. The minimum atomic E-state index is 0. The van der Waals surface area contributed by atoms with Crippen LogP contribution in [0.3, 0.4) is 0 Å². The Labute approximate surface area is 195 Å². The molecule has 3 heteroatoms. The van der Waals surface area contributed by atoms with Crippen LogP contribution in [0.25, 0.3) is 39.5 Å². The van der Waals surface area contributed by atoms with Crippen LogP contribution in [0.2, 0.25) is 0 Å². The summed E-state index contributed by atoms with van der Waals surface area (Å²) in [5.74, 6) is 0. The number of nitrogens with zero attached hydrogens (tertiary/aromatic N) is 2. The third-order valence-electron chi connectivity index (χ3n) is 5.74. The highest BCUT2D eigenvalue weighted by Crippen LogP contribution is 2.25. The Balaban J connectivity index is 0.00000245. The summed E-state index contributed by atoms with van der Waals surface area (Å²) < 4.78 is 2.34. The number of aromatic nitrogens is 1. The van der Waals surface area contributed by atoms with Gasteiger partial charge in [-0.1, -0.05) is 54.6 Å². The van der Waals surface area contributed by atoms with Gasteiger partial charge in [0.15, 0.2) is 0 Å². The topological polar surface area (TPSA) is 7.12 Å². The van der Waals surface area contributed by atoms with Crippen LogP contribution in [-0.4, -0.2) is 14.1 Å². The molecule has 0 spiro atoms. The fraction of sp³-hybridized carbons (Fsp3) is 0.0690. The monoisotopic (exact) mass is 436 g/mol. The maximum absolute atomic E-state index is 2.34. The van der Waals surface area contributed by atoms with Crippen LogP contribution >= 0.6 is 0 Å². The first kappa shape index (κ1) is 21.6. The van der Waals surface area contributed by atoms with Crippen molar-refractivity contribution in [1.82, 2.24) is 0 Å². The quantitative estimate of drug-likeness (QED) is 0.309. The SMILES string of the molecule is CN(C)c1ccc(/C=C/c2ccc3c4ccccc4ccc3[n+]2-c2ccccc2)cc1.[Cl-]. The minimum Gasteiger partial charge on any atom is -1.00 e. The van der Waals surface area contributed by atoms with Gasteiger partial charge in [-0.25, -0.2) is 0 Å². The summed E-state index contributed by atoms with van der Waals surface area (Å²) in [4.78, 5) is 2.12. The summed E-state index contributed by atoms with van der Waals surface area (Å²) in [5.41, 5.74) is 5.89. The molecule has 32 heavy (non-hydrogen) atoms. The highest BCUT2D eigenvalue weighted by atomic mass is 35.5. The zero-order chi connectivity index (χ0) is 21.2. The smallest absolute Gasteiger partial charge is 0.219 e. The Morgan fingerprint density at radius 1 is 0.625 bits per heavy atom. The van der Waals surface area contributed by atoms with Gasteiger partial charge in [-0.15, -0.1) is 0 Å². The first-order chi connectivity index (χ1) is 15.2. The Kier molecular flexibility index (Phi) is 6.25. The van der Waals surface area contributed by atoms with Gasteiger partial charge in [0.2, 0.25) is 16.9 Å². The molecule has 5 rings (SSSR count). The number of hydrogen-bond acceptors (Lipinski definition) is 1. The summed E-state index contributed by atoms with van der Waals surface area (Å²) in [6.45, 7) is 0. The summed E-state index contributed by atoms with van der Waals surface area (Å²) >= 11 is 0. The molecule has 0 bridgehead atoms. The normalized spacial score (nSPS) is 11.1. The maximum Gasteiger partial charge on any atom is 0.219 e. The molecule has 0 unspecified atom stereocenters. The van der Waals surface area contributed by atoms with Gasteiger partial charge in [-0.2, -0.15) is 4.57 Å². The Hall–Kier alpha value is -3.62. The molecule has 0 aliphatic carbocycles. The van der Waals surface area contributed by atoms with Crippen molar-refractivity contribution < 1.29 is 17.0 Å². The molecule has 158 valence electrons. The van der Waals surface area contributed by atoms with E-state index in [-0.39, 0.29) is 12.4 Å². The van der Waals surface area contributed by atoms with E-state index in [0.29, 0.717) is 0 Å². The molecule has 5 aromatic rings. The number of fused-ring (bicyclic) bond motifs is 3. The molecule has 0 radical (unpaired) electrons. The zero-order valence-corrected chi connectivity index (χ0v) is 19.0. The van der Waals surface area contributed by atoms with Crippen LogP contribution in [0.15, 0.2) is 103 Å². The second-order valence-electron chi connectivity index (χ2n) is 7.97. The summed E-state index contributed by atoms with van der Waals surface area (Å²) in [5, 5.41) is 3.80. The van der Waals surface area contributed by atoms with E-state index in [2.05, 4.69) is 139 Å². The number of benzene rings is 4. The largest absolute Gasteiger partial charge is 1.00 e. The second-order valence-corrected chi connectivity index (χ2v) is 7.97. The van der Waals surface area contributed by atoms with Gasteiger partial charge < -0.3 is 17.3 Å². The average molecular weight is 437 g/mol. The Morgan fingerprint density at radius 3 is 2.09 bits per heavy atom. The first-order valence-corrected chi connectivity index (χ1v) is 10.6. The summed E-state index contributed by atoms with van der Waals surface area (Å²) in [6, 6.07) is 36.7. The zero-order valence-electron chi connectivity index (χ0n) is 18.2. The number of pyridine rings is 1. The number of anilines is 1. The van der Waals surface area contributed by atoms with Crippen LogP contribution < -0.4 is 21.9 Å². The van der Waals surface area contributed by atoms with Gasteiger partial charge in [-0.05, 0) is 46.7 Å². The third kappa shape index (κ3) is 4.10. The molecule has 0 N–H and O–H groups in total. The van der Waals surface area contributed by atoms with Crippen LogP contribution in [0.1, 0.15) is 11.3 Å². The lowest BCUT2D eigenvalue weighted by atomic mass is 10.0. The van der Waals surface area contributed by atoms with Gasteiger partial charge in [-0.3, -0.25) is 0 Å². The lowest BCUT2D eigenvalue weighted by Gasteiger charge is -2.11. The maximum atomic E-state index is 2.34. The fourth-order valence-corrected chi connectivity index (χ4v) is 4.10. The molecule has 0 fully saturated rings. The van der Waals surface area contributed by atoms with E-state index in [1.165, 1.54) is 32.9 Å². The molecule has 4 aromatic carbocycles. The number of hydrogen-bond donors (Lipinski definition) is 0. The predicted molar refractivity (Wildman–Crippen MR) is 133 cm³/mol. The minimum absolute atomic E-state index is 0. The Morgan fingerprint density at radius 2 is 1.34 bits per heavy atom. The van der Waals surface area contributed by atoms with Crippen molar-refractivity contribution in [3.8, 4) is 5.69 Å². The van der Waals surface area contributed by atoms with E-state index >= 15 is 0 Å². The molecule has 0 amide bonds. The van der Waals surface area contributed by atoms with Crippen LogP contribution in [-0.2, 0) is 0 Å². The average Bonchev–Trinajstić information content (AvgIpc) is 2.83.